The van der Waals surface area contributed by atoms with Crippen molar-refractivity contribution in [1.29, 1.82) is 0 Å². The van der Waals surface area contributed by atoms with Crippen molar-refractivity contribution in [2.75, 3.05) is 12.4 Å². The highest BCUT2D eigenvalue weighted by Crippen LogP contribution is 2.23. The normalized spacial score (nSPS) is 11.7. The van der Waals surface area contributed by atoms with E-state index in [-0.39, 0.29) is 24.3 Å². The summed E-state index contributed by atoms with van der Waals surface area (Å²) < 4.78 is 5.05. The summed E-state index contributed by atoms with van der Waals surface area (Å²) in [6.45, 7) is 5.61. The molecule has 0 aliphatic carbocycles. The number of benzene rings is 2. The van der Waals surface area contributed by atoms with Crippen LogP contribution in [0, 0.1) is 13.8 Å². The van der Waals surface area contributed by atoms with Gasteiger partial charge in [-0.05, 0) is 50.1 Å². The molecule has 1 amide bonds. The van der Waals surface area contributed by atoms with Gasteiger partial charge in [-0.25, -0.2) is 0 Å². The second-order valence-corrected chi connectivity index (χ2v) is 7.51. The maximum atomic E-state index is 11.9. The van der Waals surface area contributed by atoms with Crippen molar-refractivity contribution in [2.45, 2.75) is 31.7 Å². The van der Waals surface area contributed by atoms with Crippen LogP contribution in [-0.2, 0) is 14.3 Å². The summed E-state index contributed by atoms with van der Waals surface area (Å²) in [5.41, 5.74) is 3.23. The average Bonchev–Trinajstić information content (AvgIpc) is 2.59. The predicted octanol–water partition coefficient (Wildman–Crippen LogP) is 4.47. The van der Waals surface area contributed by atoms with Crippen LogP contribution in [0.1, 0.15) is 29.7 Å². The van der Waals surface area contributed by atoms with Crippen molar-refractivity contribution in [1.82, 2.24) is 5.32 Å². The van der Waals surface area contributed by atoms with Crippen molar-refractivity contribution in [2.24, 2.45) is 0 Å². The number of esters is 1. The molecule has 0 bridgehead atoms. The van der Waals surface area contributed by atoms with E-state index in [4.69, 9.17) is 16.3 Å². The Morgan fingerprint density at radius 2 is 1.85 bits per heavy atom. The van der Waals surface area contributed by atoms with Crippen LogP contribution in [0.2, 0.25) is 5.02 Å². The van der Waals surface area contributed by atoms with Gasteiger partial charge in [0.25, 0.3) is 5.91 Å². The SMILES string of the molecule is Cc1ccc(SCC(=O)OCC(=O)N[C@H](C)c2ccc(Cl)cc2)c(C)c1. The van der Waals surface area contributed by atoms with Gasteiger partial charge in [0.05, 0.1) is 11.8 Å². The van der Waals surface area contributed by atoms with Crippen LogP contribution in [0.5, 0.6) is 0 Å². The van der Waals surface area contributed by atoms with Gasteiger partial charge in [-0.3, -0.25) is 9.59 Å². The maximum absolute atomic E-state index is 11.9. The smallest absolute Gasteiger partial charge is 0.316 e. The number of carbonyl (C=O) groups is 2. The molecule has 0 aliphatic heterocycles. The number of ether oxygens (including phenoxy) is 1. The summed E-state index contributed by atoms with van der Waals surface area (Å²) in [5.74, 6) is -0.578. The zero-order valence-electron chi connectivity index (χ0n) is 15.0. The molecule has 0 radical (unpaired) electrons. The van der Waals surface area contributed by atoms with Crippen molar-refractivity contribution >= 4 is 35.2 Å². The number of hydrogen-bond acceptors (Lipinski definition) is 4. The van der Waals surface area contributed by atoms with Crippen molar-refractivity contribution in [3.8, 4) is 0 Å². The molecule has 2 rings (SSSR count). The molecule has 0 saturated carbocycles. The summed E-state index contributed by atoms with van der Waals surface area (Å²) in [5, 5.41) is 3.44. The number of carbonyl (C=O) groups excluding carboxylic acids is 2. The van der Waals surface area contributed by atoms with Crippen molar-refractivity contribution in [3.05, 3.63) is 64.2 Å². The minimum atomic E-state index is -0.413. The van der Waals surface area contributed by atoms with Crippen LogP contribution in [0.25, 0.3) is 0 Å². The molecule has 26 heavy (non-hydrogen) atoms. The van der Waals surface area contributed by atoms with E-state index in [9.17, 15) is 9.59 Å². The number of hydrogen-bond donors (Lipinski definition) is 1. The molecule has 0 heterocycles. The second kappa shape index (κ2) is 9.64. The van der Waals surface area contributed by atoms with E-state index in [1.807, 2.05) is 45.0 Å². The third-order valence-corrected chi connectivity index (χ3v) is 5.19. The first-order chi connectivity index (χ1) is 12.3. The molecule has 138 valence electrons. The topological polar surface area (TPSA) is 55.4 Å². The van der Waals surface area contributed by atoms with E-state index in [2.05, 4.69) is 11.4 Å². The highest BCUT2D eigenvalue weighted by Gasteiger charge is 2.12. The molecule has 2 aromatic rings. The molecule has 0 unspecified atom stereocenters. The fraction of sp³-hybridized carbons (Fsp3) is 0.300. The molecule has 0 fully saturated rings. The number of halogens is 1. The Bertz CT molecular complexity index is 777. The third-order valence-electron chi connectivity index (χ3n) is 3.79. The molecule has 0 saturated heterocycles. The average molecular weight is 392 g/mol. The lowest BCUT2D eigenvalue weighted by atomic mass is 10.1. The van der Waals surface area contributed by atoms with E-state index in [0.717, 1.165) is 16.0 Å². The lowest BCUT2D eigenvalue weighted by molar-refractivity contribution is -0.146. The fourth-order valence-electron chi connectivity index (χ4n) is 2.40. The Labute approximate surface area is 163 Å². The second-order valence-electron chi connectivity index (χ2n) is 6.06. The van der Waals surface area contributed by atoms with Gasteiger partial charge in [0.2, 0.25) is 0 Å². The maximum Gasteiger partial charge on any atom is 0.316 e. The van der Waals surface area contributed by atoms with Crippen LogP contribution in [0.15, 0.2) is 47.4 Å². The van der Waals surface area contributed by atoms with E-state index in [1.165, 1.54) is 17.3 Å². The summed E-state index contributed by atoms with van der Waals surface area (Å²) in [7, 11) is 0. The lowest BCUT2D eigenvalue weighted by Gasteiger charge is -2.14. The first kappa shape index (κ1) is 20.3. The van der Waals surface area contributed by atoms with Crippen molar-refractivity contribution in [3.63, 3.8) is 0 Å². The van der Waals surface area contributed by atoms with Gasteiger partial charge in [-0.2, -0.15) is 0 Å². The molecule has 0 aliphatic rings. The van der Waals surface area contributed by atoms with Gasteiger partial charge in [0.1, 0.15) is 0 Å². The van der Waals surface area contributed by atoms with Crippen LogP contribution in [-0.4, -0.2) is 24.2 Å². The standard InChI is InChI=1S/C20H22ClNO3S/c1-13-4-9-18(14(2)10-13)26-12-20(24)25-11-19(23)22-15(3)16-5-7-17(21)8-6-16/h4-10,15H,11-12H2,1-3H3,(H,22,23)/t15-/m1/s1. The lowest BCUT2D eigenvalue weighted by Crippen LogP contribution is -2.31. The zero-order chi connectivity index (χ0) is 19.1. The predicted molar refractivity (Wildman–Crippen MR) is 106 cm³/mol. The van der Waals surface area contributed by atoms with Gasteiger partial charge >= 0.3 is 5.97 Å². The molecular weight excluding hydrogens is 370 g/mol. The van der Waals surface area contributed by atoms with Crippen molar-refractivity contribution < 1.29 is 14.3 Å². The molecule has 1 N–H and O–H groups in total. The van der Waals surface area contributed by atoms with Gasteiger partial charge in [-0.15, -0.1) is 11.8 Å². The van der Waals surface area contributed by atoms with Crippen LogP contribution in [0.3, 0.4) is 0 Å². The summed E-state index contributed by atoms with van der Waals surface area (Å²) in [6, 6.07) is 13.1. The first-order valence-electron chi connectivity index (χ1n) is 8.25. The molecule has 2 aromatic carbocycles. The third kappa shape index (κ3) is 6.39. The highest BCUT2D eigenvalue weighted by atomic mass is 35.5. The Kier molecular flexibility index (Phi) is 7.54. The molecule has 6 heteroatoms. The summed E-state index contributed by atoms with van der Waals surface area (Å²) in [6.07, 6.45) is 0. The number of aryl methyl sites for hydroxylation is 2. The minimum absolute atomic E-state index is 0.171. The van der Waals surface area contributed by atoms with Gasteiger partial charge < -0.3 is 10.1 Å². The Morgan fingerprint density at radius 1 is 1.15 bits per heavy atom. The van der Waals surface area contributed by atoms with Gasteiger partial charge in [0.15, 0.2) is 6.61 Å². The zero-order valence-corrected chi connectivity index (χ0v) is 16.6. The summed E-state index contributed by atoms with van der Waals surface area (Å²) in [4.78, 5) is 24.8. The monoisotopic (exact) mass is 391 g/mol. The van der Waals surface area contributed by atoms with E-state index < -0.39 is 5.97 Å². The Hall–Kier alpha value is -1.98. The molecular formula is C20H22ClNO3S. The van der Waals surface area contributed by atoms with Crippen LogP contribution in [0.4, 0.5) is 0 Å². The number of amides is 1. The van der Waals surface area contributed by atoms with E-state index >= 15 is 0 Å². The highest BCUT2D eigenvalue weighted by molar-refractivity contribution is 8.00. The quantitative estimate of drug-likeness (QED) is 0.558. The summed E-state index contributed by atoms with van der Waals surface area (Å²) >= 11 is 7.26. The molecule has 1 atom stereocenters. The van der Waals surface area contributed by atoms with E-state index in [0.29, 0.717) is 5.02 Å². The molecule has 4 nitrogen and oxygen atoms in total. The van der Waals surface area contributed by atoms with Gasteiger partial charge in [-0.1, -0.05) is 41.4 Å². The number of nitrogens with one attached hydrogen (secondary N) is 1. The Balaban J connectivity index is 1.74. The van der Waals surface area contributed by atoms with E-state index in [1.54, 1.807) is 12.1 Å². The number of thioether (sulfide) groups is 1. The van der Waals surface area contributed by atoms with Gasteiger partial charge in [0, 0.05) is 9.92 Å². The van der Waals surface area contributed by atoms with Crippen LogP contribution >= 0.6 is 23.4 Å². The molecule has 0 aromatic heterocycles. The number of rotatable bonds is 7. The molecule has 0 spiro atoms. The largest absolute Gasteiger partial charge is 0.455 e. The first-order valence-corrected chi connectivity index (χ1v) is 9.62. The minimum Gasteiger partial charge on any atom is -0.455 e. The Morgan fingerprint density at radius 3 is 2.50 bits per heavy atom. The van der Waals surface area contributed by atoms with Crippen LogP contribution < -0.4 is 5.32 Å². The fourth-order valence-corrected chi connectivity index (χ4v) is 3.34.